The van der Waals surface area contributed by atoms with Crippen LogP contribution in [-0.4, -0.2) is 53.3 Å². The Morgan fingerprint density at radius 3 is 2.83 bits per heavy atom. The van der Waals surface area contributed by atoms with Gasteiger partial charge in [0, 0.05) is 24.4 Å². The molecule has 0 aliphatic heterocycles. The van der Waals surface area contributed by atoms with Crippen molar-refractivity contribution in [2.75, 3.05) is 26.0 Å². The van der Waals surface area contributed by atoms with Gasteiger partial charge in [0.05, 0.1) is 6.61 Å². The van der Waals surface area contributed by atoms with E-state index < -0.39 is 0 Å². The molecule has 0 spiro atoms. The number of carbonyl (C=O) groups excluding carboxylic acids is 1. The number of amides is 2. The van der Waals surface area contributed by atoms with Crippen LogP contribution in [0.15, 0.2) is 0 Å². The van der Waals surface area contributed by atoms with Gasteiger partial charge in [0.25, 0.3) is 0 Å². The summed E-state index contributed by atoms with van der Waals surface area (Å²) in [6.45, 7) is 3.22. The Morgan fingerprint density at radius 2 is 2.22 bits per heavy atom. The molecule has 2 atom stereocenters. The number of hydrogen-bond donors (Lipinski definition) is 2. The van der Waals surface area contributed by atoms with Gasteiger partial charge < -0.3 is 15.3 Å². The van der Waals surface area contributed by atoms with Gasteiger partial charge in [-0.1, -0.05) is 13.3 Å². The van der Waals surface area contributed by atoms with Crippen LogP contribution < -0.4 is 5.32 Å². The highest BCUT2D eigenvalue weighted by atomic mass is 32.2. The maximum absolute atomic E-state index is 12.1. The van der Waals surface area contributed by atoms with Crippen LogP contribution in [0.5, 0.6) is 0 Å². The van der Waals surface area contributed by atoms with Crippen LogP contribution in [0, 0.1) is 0 Å². The van der Waals surface area contributed by atoms with E-state index in [1.165, 1.54) is 12.8 Å². The Balaban J connectivity index is 2.41. The molecule has 0 aromatic heterocycles. The van der Waals surface area contributed by atoms with Gasteiger partial charge in [-0.3, -0.25) is 0 Å². The molecule has 1 saturated carbocycles. The molecular weight excluding hydrogens is 248 g/mol. The van der Waals surface area contributed by atoms with Crippen molar-refractivity contribution < 1.29 is 9.90 Å². The quantitative estimate of drug-likeness (QED) is 0.779. The van der Waals surface area contributed by atoms with Crippen molar-refractivity contribution in [1.29, 1.82) is 0 Å². The number of nitrogens with one attached hydrogen (secondary N) is 1. The maximum atomic E-state index is 12.1. The monoisotopic (exact) mass is 274 g/mol. The Morgan fingerprint density at radius 1 is 1.44 bits per heavy atom. The van der Waals surface area contributed by atoms with Gasteiger partial charge in [0.15, 0.2) is 0 Å². The lowest BCUT2D eigenvalue weighted by Gasteiger charge is -2.31. The number of nitrogens with zero attached hydrogens (tertiary/aromatic N) is 1. The first-order valence-electron chi connectivity index (χ1n) is 6.90. The summed E-state index contributed by atoms with van der Waals surface area (Å²) in [4.78, 5) is 13.8. The summed E-state index contributed by atoms with van der Waals surface area (Å²) in [6, 6.07) is 0.291. The minimum atomic E-state index is -0.0161. The summed E-state index contributed by atoms with van der Waals surface area (Å²) in [5.41, 5.74) is 0. The first-order chi connectivity index (χ1) is 8.71. The van der Waals surface area contributed by atoms with Crippen molar-refractivity contribution in [2.45, 2.75) is 50.3 Å². The third kappa shape index (κ3) is 5.06. The van der Waals surface area contributed by atoms with Crippen molar-refractivity contribution in [3.8, 4) is 0 Å². The largest absolute Gasteiger partial charge is 0.395 e. The van der Waals surface area contributed by atoms with Crippen molar-refractivity contribution in [3.63, 3.8) is 0 Å². The van der Waals surface area contributed by atoms with Crippen LogP contribution in [0.4, 0.5) is 4.79 Å². The molecule has 0 heterocycles. The zero-order chi connectivity index (χ0) is 13.4. The van der Waals surface area contributed by atoms with E-state index in [1.54, 1.807) is 4.90 Å². The topological polar surface area (TPSA) is 52.6 Å². The van der Waals surface area contributed by atoms with Crippen LogP contribution in [0.1, 0.15) is 39.0 Å². The highest BCUT2D eigenvalue weighted by Gasteiger charge is 2.24. The summed E-state index contributed by atoms with van der Waals surface area (Å²) in [7, 11) is 0. The van der Waals surface area contributed by atoms with Gasteiger partial charge in [-0.15, -0.1) is 0 Å². The molecule has 18 heavy (non-hydrogen) atoms. The molecule has 4 nitrogen and oxygen atoms in total. The molecule has 0 saturated heterocycles. The molecule has 0 aromatic carbocycles. The standard InChI is InChI=1S/C13H26N2O2S/c1-3-7-15(8-9-16)13(17)14-11-5-4-6-12(10-11)18-2/h11-12,16H,3-10H2,1-2H3,(H,14,17). The minimum absolute atomic E-state index is 0.0161. The molecule has 2 amide bonds. The molecule has 1 fully saturated rings. The Hall–Kier alpha value is -0.420. The number of carbonyl (C=O) groups is 1. The number of urea groups is 1. The summed E-state index contributed by atoms with van der Waals surface area (Å²) in [5.74, 6) is 0. The second kappa shape index (κ2) is 8.64. The molecule has 5 heteroatoms. The predicted octanol–water partition coefficient (Wildman–Crippen LogP) is 2.07. The van der Waals surface area contributed by atoms with Crippen molar-refractivity contribution in [2.24, 2.45) is 0 Å². The molecule has 1 aliphatic carbocycles. The average Bonchev–Trinajstić information content (AvgIpc) is 2.38. The summed E-state index contributed by atoms with van der Waals surface area (Å²) < 4.78 is 0. The fourth-order valence-electron chi connectivity index (χ4n) is 2.46. The van der Waals surface area contributed by atoms with Gasteiger partial charge in [-0.05, 0) is 31.9 Å². The van der Waals surface area contributed by atoms with E-state index in [-0.39, 0.29) is 12.6 Å². The molecule has 0 radical (unpaired) electrons. The SMILES string of the molecule is CCCN(CCO)C(=O)NC1CCCC(SC)C1. The molecule has 2 N–H and O–H groups in total. The van der Waals surface area contributed by atoms with E-state index in [0.717, 1.165) is 19.3 Å². The van der Waals surface area contributed by atoms with Gasteiger partial charge in [0.1, 0.15) is 0 Å². The van der Waals surface area contributed by atoms with Crippen molar-refractivity contribution in [3.05, 3.63) is 0 Å². The fraction of sp³-hybridized carbons (Fsp3) is 0.923. The third-order valence-corrected chi connectivity index (χ3v) is 4.53. The van der Waals surface area contributed by atoms with Crippen LogP contribution in [-0.2, 0) is 0 Å². The number of rotatable bonds is 6. The fourth-order valence-corrected chi connectivity index (χ4v) is 3.29. The van der Waals surface area contributed by atoms with Crippen LogP contribution in [0.2, 0.25) is 0 Å². The number of aliphatic hydroxyl groups is 1. The first-order valence-corrected chi connectivity index (χ1v) is 8.19. The zero-order valence-electron chi connectivity index (χ0n) is 11.5. The normalized spacial score (nSPS) is 23.7. The number of thioether (sulfide) groups is 1. The van der Waals surface area contributed by atoms with E-state index in [0.29, 0.717) is 24.4 Å². The molecule has 2 unspecified atom stereocenters. The smallest absolute Gasteiger partial charge is 0.317 e. The molecule has 1 aliphatic rings. The van der Waals surface area contributed by atoms with E-state index in [2.05, 4.69) is 11.6 Å². The van der Waals surface area contributed by atoms with Gasteiger partial charge in [-0.2, -0.15) is 11.8 Å². The van der Waals surface area contributed by atoms with Crippen molar-refractivity contribution in [1.82, 2.24) is 10.2 Å². The summed E-state index contributed by atoms with van der Waals surface area (Å²) in [6.07, 6.45) is 7.69. The first kappa shape index (κ1) is 15.6. The lowest BCUT2D eigenvalue weighted by atomic mass is 9.95. The Bertz CT molecular complexity index is 245. The van der Waals surface area contributed by atoms with Gasteiger partial charge in [0.2, 0.25) is 0 Å². The Kier molecular flexibility index (Phi) is 7.51. The number of hydrogen-bond acceptors (Lipinski definition) is 3. The lowest BCUT2D eigenvalue weighted by Crippen LogP contribution is -2.47. The Labute approximate surface area is 115 Å². The average molecular weight is 274 g/mol. The second-order valence-electron chi connectivity index (χ2n) is 4.88. The maximum Gasteiger partial charge on any atom is 0.317 e. The van der Waals surface area contributed by atoms with E-state index in [9.17, 15) is 4.79 Å². The highest BCUT2D eigenvalue weighted by molar-refractivity contribution is 7.99. The van der Waals surface area contributed by atoms with Crippen LogP contribution >= 0.6 is 11.8 Å². The second-order valence-corrected chi connectivity index (χ2v) is 6.02. The predicted molar refractivity (Wildman–Crippen MR) is 77.0 cm³/mol. The third-order valence-electron chi connectivity index (χ3n) is 3.44. The van der Waals surface area contributed by atoms with E-state index in [1.807, 2.05) is 18.7 Å². The van der Waals surface area contributed by atoms with Gasteiger partial charge >= 0.3 is 6.03 Å². The lowest BCUT2D eigenvalue weighted by molar-refractivity contribution is 0.171. The molecule has 1 rings (SSSR count). The molecule has 0 bridgehead atoms. The summed E-state index contributed by atoms with van der Waals surface area (Å²) >= 11 is 1.90. The molecular formula is C13H26N2O2S. The van der Waals surface area contributed by atoms with E-state index >= 15 is 0 Å². The van der Waals surface area contributed by atoms with E-state index in [4.69, 9.17) is 5.11 Å². The highest BCUT2D eigenvalue weighted by Crippen LogP contribution is 2.26. The van der Waals surface area contributed by atoms with Crippen molar-refractivity contribution >= 4 is 17.8 Å². The van der Waals surface area contributed by atoms with Gasteiger partial charge in [-0.25, -0.2) is 4.79 Å². The van der Waals surface area contributed by atoms with Crippen LogP contribution in [0.25, 0.3) is 0 Å². The number of aliphatic hydroxyl groups excluding tert-OH is 1. The minimum Gasteiger partial charge on any atom is -0.395 e. The zero-order valence-corrected chi connectivity index (χ0v) is 12.3. The molecule has 0 aromatic rings. The summed E-state index contributed by atoms with van der Waals surface area (Å²) in [5, 5.41) is 12.8. The van der Waals surface area contributed by atoms with Crippen LogP contribution in [0.3, 0.4) is 0 Å². The molecule has 106 valence electrons.